The average Bonchev–Trinajstić information content (AvgIpc) is 3.21. The smallest absolute Gasteiger partial charge is 0.249 e. The van der Waals surface area contributed by atoms with Crippen LogP contribution in [0.3, 0.4) is 0 Å². The van der Waals surface area contributed by atoms with Crippen molar-refractivity contribution < 1.29 is 35.2 Å². The number of nitrogens with zero attached hydrogens (tertiary/aromatic N) is 1. The van der Waals surface area contributed by atoms with Gasteiger partial charge in [-0.15, -0.1) is 0 Å². The lowest BCUT2D eigenvalue weighted by Crippen LogP contribution is -2.46. The number of carbonyl (C=O) groups is 1. The molecule has 138 valence electrons. The normalized spacial score (nSPS) is 21.6. The molecule has 1 aromatic rings. The Morgan fingerprint density at radius 3 is 1.96 bits per heavy atom. The van der Waals surface area contributed by atoms with Gasteiger partial charge in [0.15, 0.2) is 28.2 Å². The SMILES string of the molecule is O=C(NC1CC1)C1CCCN1S(=O)(=O)c1c(F)c(F)c(F)c(F)c1F. The van der Waals surface area contributed by atoms with Gasteiger partial charge in [-0.3, -0.25) is 4.79 Å². The highest BCUT2D eigenvalue weighted by Gasteiger charge is 2.44. The highest BCUT2D eigenvalue weighted by molar-refractivity contribution is 7.89. The number of rotatable bonds is 4. The standard InChI is InChI=1S/C14H13F5N2O3S/c15-8-9(16)11(18)13(12(19)10(8)17)25(23,24)21-5-1-2-7(21)14(22)20-6-3-4-6/h6-7H,1-5H2,(H,20,22). The monoisotopic (exact) mass is 384 g/mol. The summed E-state index contributed by atoms with van der Waals surface area (Å²) < 4.78 is 93.1. The Kier molecular flexibility index (Phi) is 4.48. The minimum Gasteiger partial charge on any atom is -0.352 e. The van der Waals surface area contributed by atoms with Crippen molar-refractivity contribution >= 4 is 15.9 Å². The first-order valence-corrected chi connectivity index (χ1v) is 8.94. The highest BCUT2D eigenvalue weighted by atomic mass is 32.2. The fourth-order valence-electron chi connectivity index (χ4n) is 2.74. The van der Waals surface area contributed by atoms with E-state index in [9.17, 15) is 35.2 Å². The molecule has 1 amide bonds. The number of hydrogen-bond donors (Lipinski definition) is 1. The van der Waals surface area contributed by atoms with E-state index in [1.807, 2.05) is 0 Å². The molecule has 0 spiro atoms. The second-order valence-corrected chi connectivity index (χ2v) is 7.78. The van der Waals surface area contributed by atoms with Gasteiger partial charge in [0.2, 0.25) is 21.7 Å². The van der Waals surface area contributed by atoms with Crippen molar-refractivity contribution in [3.05, 3.63) is 29.1 Å². The number of halogens is 5. The molecule has 3 rings (SSSR count). The van der Waals surface area contributed by atoms with Crippen LogP contribution in [-0.2, 0) is 14.8 Å². The molecule has 2 fully saturated rings. The summed E-state index contributed by atoms with van der Waals surface area (Å²) in [5.74, 6) is -12.7. The minimum absolute atomic E-state index is 0.0770. The number of amides is 1. The molecule has 0 bridgehead atoms. The summed E-state index contributed by atoms with van der Waals surface area (Å²) in [6.07, 6.45) is 1.79. The van der Waals surface area contributed by atoms with E-state index in [1.165, 1.54) is 0 Å². The van der Waals surface area contributed by atoms with Gasteiger partial charge in [0.1, 0.15) is 6.04 Å². The summed E-state index contributed by atoms with van der Waals surface area (Å²) in [5, 5.41) is 2.57. The lowest BCUT2D eigenvalue weighted by atomic mass is 10.2. The van der Waals surface area contributed by atoms with Crippen LogP contribution in [0.1, 0.15) is 25.7 Å². The first kappa shape index (κ1) is 18.1. The Morgan fingerprint density at radius 2 is 1.44 bits per heavy atom. The third-order valence-corrected chi connectivity index (χ3v) is 6.10. The van der Waals surface area contributed by atoms with E-state index in [0.717, 1.165) is 12.8 Å². The lowest BCUT2D eigenvalue weighted by Gasteiger charge is -2.24. The first-order valence-electron chi connectivity index (χ1n) is 7.50. The van der Waals surface area contributed by atoms with Gasteiger partial charge in [-0.2, -0.15) is 4.31 Å². The van der Waals surface area contributed by atoms with Crippen molar-refractivity contribution in [2.24, 2.45) is 0 Å². The predicted molar refractivity (Wildman–Crippen MR) is 74.3 cm³/mol. The molecule has 1 saturated heterocycles. The van der Waals surface area contributed by atoms with E-state index in [0.29, 0.717) is 4.31 Å². The molecule has 1 atom stereocenters. The maximum absolute atomic E-state index is 13.9. The number of nitrogens with one attached hydrogen (secondary N) is 1. The summed E-state index contributed by atoms with van der Waals surface area (Å²) in [6.45, 7) is -0.259. The molecule has 1 aliphatic carbocycles. The number of sulfonamides is 1. The molecule has 1 aliphatic heterocycles. The van der Waals surface area contributed by atoms with Gasteiger partial charge in [-0.05, 0) is 25.7 Å². The van der Waals surface area contributed by atoms with E-state index >= 15 is 0 Å². The van der Waals surface area contributed by atoms with E-state index < -0.39 is 56.0 Å². The Labute approximate surface area is 139 Å². The van der Waals surface area contributed by atoms with Crippen LogP contribution in [-0.4, -0.2) is 37.3 Å². The van der Waals surface area contributed by atoms with Crippen molar-refractivity contribution in [3.63, 3.8) is 0 Å². The molecule has 0 aromatic heterocycles. The van der Waals surface area contributed by atoms with Crippen LogP contribution in [0.5, 0.6) is 0 Å². The second-order valence-electron chi connectivity index (χ2n) is 5.96. The van der Waals surface area contributed by atoms with E-state index in [-0.39, 0.29) is 25.4 Å². The fourth-order valence-corrected chi connectivity index (χ4v) is 4.52. The molecule has 1 aromatic carbocycles. The van der Waals surface area contributed by atoms with E-state index in [4.69, 9.17) is 0 Å². The summed E-state index contributed by atoms with van der Waals surface area (Å²) >= 11 is 0. The Morgan fingerprint density at radius 1 is 0.920 bits per heavy atom. The van der Waals surface area contributed by atoms with Crippen LogP contribution in [0.2, 0.25) is 0 Å². The molecule has 2 aliphatic rings. The zero-order valence-electron chi connectivity index (χ0n) is 12.7. The van der Waals surface area contributed by atoms with Crippen molar-refractivity contribution in [2.45, 2.75) is 42.7 Å². The van der Waals surface area contributed by atoms with Gasteiger partial charge in [-0.1, -0.05) is 0 Å². The molecule has 0 radical (unpaired) electrons. The van der Waals surface area contributed by atoms with Crippen molar-refractivity contribution in [1.82, 2.24) is 9.62 Å². The highest BCUT2D eigenvalue weighted by Crippen LogP contribution is 2.33. The van der Waals surface area contributed by atoms with Gasteiger partial charge in [0.25, 0.3) is 0 Å². The fraction of sp³-hybridized carbons (Fsp3) is 0.500. The van der Waals surface area contributed by atoms with Crippen LogP contribution < -0.4 is 5.32 Å². The molecular weight excluding hydrogens is 371 g/mol. The Bertz CT molecular complexity index is 812. The zero-order valence-corrected chi connectivity index (χ0v) is 13.5. The second kappa shape index (κ2) is 6.20. The van der Waals surface area contributed by atoms with Crippen molar-refractivity contribution in [1.29, 1.82) is 0 Å². The third kappa shape index (κ3) is 2.99. The van der Waals surface area contributed by atoms with Gasteiger partial charge in [0, 0.05) is 12.6 Å². The van der Waals surface area contributed by atoms with E-state index in [2.05, 4.69) is 5.32 Å². The molecule has 11 heteroatoms. The molecular formula is C14H13F5N2O3S. The summed E-state index contributed by atoms with van der Waals surface area (Å²) in [5.41, 5.74) is 0. The topological polar surface area (TPSA) is 66.5 Å². The summed E-state index contributed by atoms with van der Waals surface area (Å²) in [6, 6.07) is -1.33. The predicted octanol–water partition coefficient (Wildman–Crippen LogP) is 1.81. The number of carbonyl (C=O) groups excluding carboxylic acids is 1. The molecule has 1 heterocycles. The first-order chi connectivity index (χ1) is 11.7. The van der Waals surface area contributed by atoms with Gasteiger partial charge in [0.05, 0.1) is 0 Å². The van der Waals surface area contributed by atoms with Crippen LogP contribution in [0.4, 0.5) is 22.0 Å². The number of hydrogen-bond acceptors (Lipinski definition) is 3. The number of benzene rings is 1. The maximum Gasteiger partial charge on any atom is 0.249 e. The zero-order chi connectivity index (χ0) is 18.5. The molecule has 1 saturated carbocycles. The largest absolute Gasteiger partial charge is 0.352 e. The average molecular weight is 384 g/mol. The summed E-state index contributed by atoms with van der Waals surface area (Å²) in [7, 11) is -5.10. The van der Waals surface area contributed by atoms with Gasteiger partial charge < -0.3 is 5.32 Å². The quantitative estimate of drug-likeness (QED) is 0.489. The van der Waals surface area contributed by atoms with Crippen LogP contribution >= 0.6 is 0 Å². The van der Waals surface area contributed by atoms with Crippen LogP contribution in [0, 0.1) is 29.1 Å². The molecule has 1 unspecified atom stereocenters. The van der Waals surface area contributed by atoms with E-state index in [1.54, 1.807) is 0 Å². The Balaban J connectivity index is 2.02. The van der Waals surface area contributed by atoms with Gasteiger partial charge in [-0.25, -0.2) is 30.4 Å². The summed E-state index contributed by atoms with van der Waals surface area (Å²) in [4.78, 5) is 10.2. The minimum atomic E-state index is -5.10. The third-order valence-electron chi connectivity index (χ3n) is 4.17. The maximum atomic E-state index is 13.9. The van der Waals surface area contributed by atoms with Crippen LogP contribution in [0.25, 0.3) is 0 Å². The molecule has 5 nitrogen and oxygen atoms in total. The Hall–Kier alpha value is -1.75. The molecule has 25 heavy (non-hydrogen) atoms. The molecule has 1 N–H and O–H groups in total. The van der Waals surface area contributed by atoms with Crippen molar-refractivity contribution in [2.75, 3.05) is 6.54 Å². The van der Waals surface area contributed by atoms with Gasteiger partial charge >= 0.3 is 0 Å². The van der Waals surface area contributed by atoms with Crippen molar-refractivity contribution in [3.8, 4) is 0 Å². The lowest BCUT2D eigenvalue weighted by molar-refractivity contribution is -0.124. The van der Waals surface area contributed by atoms with Crippen LogP contribution in [0.15, 0.2) is 4.90 Å².